The van der Waals surface area contributed by atoms with E-state index in [-0.39, 0.29) is 5.91 Å². The fourth-order valence-corrected chi connectivity index (χ4v) is 3.60. The lowest BCUT2D eigenvalue weighted by Gasteiger charge is -2.07. The summed E-state index contributed by atoms with van der Waals surface area (Å²) in [5.41, 5.74) is 8.41. The van der Waals surface area contributed by atoms with Gasteiger partial charge < -0.3 is 20.6 Å². The molecule has 8 nitrogen and oxygen atoms in total. The molecule has 3 heterocycles. The van der Waals surface area contributed by atoms with E-state index in [0.717, 1.165) is 41.6 Å². The number of imidazole rings is 1. The van der Waals surface area contributed by atoms with Gasteiger partial charge in [0, 0.05) is 24.7 Å². The summed E-state index contributed by atoms with van der Waals surface area (Å²) in [6.07, 6.45) is 6.90. The number of carbonyl (C=O) groups excluding carboxylic acids is 2. The SMILES string of the molecule is CC(C)CCCO.CCc1nc2c(C(=O)NCc3ccc4occc4c3)cccn2c1C=O.CN. The largest absolute Gasteiger partial charge is 0.464 e. The van der Waals surface area contributed by atoms with Crippen molar-refractivity contribution < 1.29 is 19.1 Å². The van der Waals surface area contributed by atoms with Crippen molar-refractivity contribution in [3.8, 4) is 0 Å². The molecule has 1 amide bonds. The molecule has 4 rings (SSSR count). The number of aliphatic hydroxyl groups excluding tert-OH is 1. The minimum Gasteiger partial charge on any atom is -0.464 e. The van der Waals surface area contributed by atoms with Gasteiger partial charge in [-0.2, -0.15) is 0 Å². The summed E-state index contributed by atoms with van der Waals surface area (Å²) in [4.78, 5) is 28.5. The van der Waals surface area contributed by atoms with Gasteiger partial charge in [0.15, 0.2) is 6.29 Å². The number of benzene rings is 1. The number of nitrogens with two attached hydrogens (primary N) is 1. The van der Waals surface area contributed by atoms with E-state index in [1.807, 2.05) is 31.2 Å². The standard InChI is InChI=1S/C20H17N3O3.C6H14O.CH5N/c1-2-16-17(12-24)23-8-3-4-15(19(23)22-16)20(25)21-11-13-5-6-18-14(10-13)7-9-26-18;1-6(2)4-3-5-7;1-2/h3-10,12H,2,11H2,1H3,(H,21,25);6-7H,3-5H2,1-2H3;2H2,1H3. The molecule has 0 bridgehead atoms. The zero-order valence-electron chi connectivity index (χ0n) is 21.0. The predicted molar refractivity (Wildman–Crippen MR) is 139 cm³/mol. The Hall–Kier alpha value is -3.49. The van der Waals surface area contributed by atoms with Crippen molar-refractivity contribution in [1.29, 1.82) is 0 Å². The van der Waals surface area contributed by atoms with Gasteiger partial charge in [0.05, 0.1) is 17.5 Å². The molecule has 0 aliphatic carbocycles. The van der Waals surface area contributed by atoms with Crippen molar-refractivity contribution in [2.75, 3.05) is 13.7 Å². The molecule has 0 spiro atoms. The molecule has 8 heteroatoms. The van der Waals surface area contributed by atoms with Crippen LogP contribution in [0.25, 0.3) is 16.6 Å². The van der Waals surface area contributed by atoms with E-state index in [2.05, 4.69) is 29.9 Å². The fourth-order valence-electron chi connectivity index (χ4n) is 3.60. The number of hydrogen-bond acceptors (Lipinski definition) is 6. The molecule has 4 aromatic rings. The first kappa shape index (κ1) is 27.8. The second kappa shape index (κ2) is 14.0. The Labute approximate surface area is 206 Å². The van der Waals surface area contributed by atoms with Gasteiger partial charge in [-0.3, -0.25) is 14.0 Å². The molecule has 35 heavy (non-hydrogen) atoms. The summed E-state index contributed by atoms with van der Waals surface area (Å²) in [6.45, 7) is 6.99. The van der Waals surface area contributed by atoms with Crippen molar-refractivity contribution in [2.45, 2.75) is 46.6 Å². The number of hydrogen-bond donors (Lipinski definition) is 3. The topological polar surface area (TPSA) is 123 Å². The first-order chi connectivity index (χ1) is 17.0. The maximum Gasteiger partial charge on any atom is 0.255 e. The minimum absolute atomic E-state index is 0.229. The van der Waals surface area contributed by atoms with Gasteiger partial charge in [-0.1, -0.05) is 26.8 Å². The van der Waals surface area contributed by atoms with E-state index in [0.29, 0.717) is 42.2 Å². The highest BCUT2D eigenvalue weighted by Crippen LogP contribution is 2.18. The third-order valence-corrected chi connectivity index (χ3v) is 5.36. The number of amides is 1. The normalized spacial score (nSPS) is 10.5. The molecule has 0 aliphatic rings. The Kier molecular flexibility index (Phi) is 11.1. The van der Waals surface area contributed by atoms with Crippen LogP contribution in [0.3, 0.4) is 0 Å². The summed E-state index contributed by atoms with van der Waals surface area (Å²) in [5, 5.41) is 12.2. The minimum atomic E-state index is -0.229. The number of aromatic nitrogens is 2. The van der Waals surface area contributed by atoms with Crippen LogP contribution in [0.1, 0.15) is 65.7 Å². The number of nitrogens with one attached hydrogen (secondary N) is 1. The lowest BCUT2D eigenvalue weighted by atomic mass is 10.1. The number of aldehydes is 1. The number of pyridine rings is 1. The smallest absolute Gasteiger partial charge is 0.255 e. The van der Waals surface area contributed by atoms with Gasteiger partial charge in [0.2, 0.25) is 0 Å². The zero-order chi connectivity index (χ0) is 25.8. The Morgan fingerprint density at radius 3 is 2.66 bits per heavy atom. The van der Waals surface area contributed by atoms with Gasteiger partial charge in [-0.15, -0.1) is 0 Å². The number of fused-ring (bicyclic) bond motifs is 2. The fraction of sp³-hybridized carbons (Fsp3) is 0.370. The van der Waals surface area contributed by atoms with Gasteiger partial charge >= 0.3 is 0 Å². The predicted octanol–water partition coefficient (Wildman–Crippen LogP) is 4.38. The molecule has 0 saturated carbocycles. The van der Waals surface area contributed by atoms with Gasteiger partial charge in [-0.25, -0.2) is 4.98 Å². The van der Waals surface area contributed by atoms with Crippen molar-refractivity contribution in [1.82, 2.24) is 14.7 Å². The van der Waals surface area contributed by atoms with Crippen molar-refractivity contribution in [3.63, 3.8) is 0 Å². The van der Waals surface area contributed by atoms with Gasteiger partial charge in [0.25, 0.3) is 5.91 Å². The number of rotatable bonds is 8. The van der Waals surface area contributed by atoms with E-state index < -0.39 is 0 Å². The van der Waals surface area contributed by atoms with Crippen LogP contribution < -0.4 is 11.1 Å². The van der Waals surface area contributed by atoms with Crippen LogP contribution in [0.2, 0.25) is 0 Å². The van der Waals surface area contributed by atoms with Crippen LogP contribution in [0.4, 0.5) is 0 Å². The molecule has 0 saturated heterocycles. The second-order valence-electron chi connectivity index (χ2n) is 8.27. The summed E-state index contributed by atoms with van der Waals surface area (Å²) in [7, 11) is 1.50. The quantitative estimate of drug-likeness (QED) is 0.322. The molecule has 1 aromatic carbocycles. The number of aliphatic hydroxyl groups is 1. The highest BCUT2D eigenvalue weighted by atomic mass is 16.3. The Morgan fingerprint density at radius 2 is 2.03 bits per heavy atom. The summed E-state index contributed by atoms with van der Waals surface area (Å²) in [5.74, 6) is 0.514. The van der Waals surface area contributed by atoms with E-state index in [1.165, 1.54) is 7.05 Å². The average molecular weight is 481 g/mol. The molecular formula is C27H36N4O4. The van der Waals surface area contributed by atoms with Crippen molar-refractivity contribution >= 4 is 28.8 Å². The molecule has 0 atom stereocenters. The van der Waals surface area contributed by atoms with Crippen molar-refractivity contribution in [3.05, 3.63) is 71.4 Å². The van der Waals surface area contributed by atoms with Gasteiger partial charge in [0.1, 0.15) is 16.9 Å². The Morgan fingerprint density at radius 1 is 1.26 bits per heavy atom. The van der Waals surface area contributed by atoms with Crippen LogP contribution in [-0.2, 0) is 13.0 Å². The van der Waals surface area contributed by atoms with Gasteiger partial charge in [-0.05, 0) is 68.1 Å². The summed E-state index contributed by atoms with van der Waals surface area (Å²) >= 11 is 0. The molecule has 3 aromatic heterocycles. The van der Waals surface area contributed by atoms with E-state index in [9.17, 15) is 9.59 Å². The summed E-state index contributed by atoms with van der Waals surface area (Å²) < 4.78 is 6.99. The summed E-state index contributed by atoms with van der Waals surface area (Å²) in [6, 6.07) is 11.1. The number of carbonyl (C=O) groups is 2. The highest BCUT2D eigenvalue weighted by Gasteiger charge is 2.16. The number of nitrogens with zero attached hydrogens (tertiary/aromatic N) is 2. The molecule has 0 fully saturated rings. The second-order valence-corrected chi connectivity index (χ2v) is 8.27. The lowest BCUT2D eigenvalue weighted by molar-refractivity contribution is 0.0951. The average Bonchev–Trinajstić information content (AvgIpc) is 3.50. The first-order valence-corrected chi connectivity index (χ1v) is 11.9. The van der Waals surface area contributed by atoms with Crippen LogP contribution in [0.5, 0.6) is 0 Å². The highest BCUT2D eigenvalue weighted by molar-refractivity contribution is 6.00. The number of aryl methyl sites for hydroxylation is 1. The molecule has 4 N–H and O–H groups in total. The lowest BCUT2D eigenvalue weighted by Crippen LogP contribution is -2.23. The van der Waals surface area contributed by atoms with E-state index in [1.54, 1.807) is 29.0 Å². The van der Waals surface area contributed by atoms with E-state index >= 15 is 0 Å². The third-order valence-electron chi connectivity index (χ3n) is 5.36. The van der Waals surface area contributed by atoms with Crippen LogP contribution >= 0.6 is 0 Å². The monoisotopic (exact) mass is 480 g/mol. The van der Waals surface area contributed by atoms with E-state index in [4.69, 9.17) is 9.52 Å². The molecular weight excluding hydrogens is 444 g/mol. The van der Waals surface area contributed by atoms with Crippen LogP contribution in [0.15, 0.2) is 53.3 Å². The maximum atomic E-state index is 12.7. The Bertz CT molecular complexity index is 1230. The van der Waals surface area contributed by atoms with Crippen LogP contribution in [0, 0.1) is 5.92 Å². The first-order valence-electron chi connectivity index (χ1n) is 11.9. The number of furan rings is 1. The maximum absolute atomic E-state index is 12.7. The molecule has 188 valence electrons. The van der Waals surface area contributed by atoms with Crippen LogP contribution in [-0.4, -0.2) is 40.3 Å². The molecule has 0 unspecified atom stereocenters. The molecule has 0 radical (unpaired) electrons. The van der Waals surface area contributed by atoms with Crippen molar-refractivity contribution in [2.24, 2.45) is 11.7 Å². The third kappa shape index (κ3) is 7.24. The Balaban J connectivity index is 0.000000416. The zero-order valence-corrected chi connectivity index (χ0v) is 21.0. The molecule has 0 aliphatic heterocycles.